The Kier molecular flexibility index (Phi) is 3.42. The number of aromatic amines is 1. The van der Waals surface area contributed by atoms with Gasteiger partial charge in [0.1, 0.15) is 10.6 Å². The number of rotatable bonds is 4. The second kappa shape index (κ2) is 4.71. The van der Waals surface area contributed by atoms with Crippen LogP contribution in [0.1, 0.15) is 16.9 Å². The molecule has 1 aliphatic rings. The summed E-state index contributed by atoms with van der Waals surface area (Å²) in [6.45, 7) is 1.51. The first kappa shape index (κ1) is 13.1. The van der Waals surface area contributed by atoms with Crippen LogP contribution in [0.5, 0.6) is 0 Å². The second-order valence-corrected chi connectivity index (χ2v) is 6.14. The summed E-state index contributed by atoms with van der Waals surface area (Å²) in [5.74, 6) is -1.18. The largest absolute Gasteiger partial charge is 0.477 e. The highest BCUT2D eigenvalue weighted by atomic mass is 32.2. The highest BCUT2D eigenvalue weighted by Gasteiger charge is 2.26. The Hall–Kier alpha value is -1.38. The molecule has 8 heteroatoms. The quantitative estimate of drug-likeness (QED) is 0.698. The van der Waals surface area contributed by atoms with Crippen molar-refractivity contribution in [2.75, 3.05) is 20.1 Å². The first-order valence-corrected chi connectivity index (χ1v) is 6.99. The van der Waals surface area contributed by atoms with Crippen molar-refractivity contribution in [2.24, 2.45) is 0 Å². The van der Waals surface area contributed by atoms with Gasteiger partial charge in [-0.15, -0.1) is 0 Å². The van der Waals surface area contributed by atoms with Crippen LogP contribution < -0.4 is 4.72 Å². The lowest BCUT2D eigenvalue weighted by molar-refractivity contribution is 0.0691. The maximum Gasteiger partial charge on any atom is 0.352 e. The molecule has 0 radical (unpaired) electrons. The van der Waals surface area contributed by atoms with Crippen LogP contribution in [0, 0.1) is 0 Å². The summed E-state index contributed by atoms with van der Waals surface area (Å²) in [7, 11) is -1.73. The van der Waals surface area contributed by atoms with E-state index in [-0.39, 0.29) is 16.6 Å². The fraction of sp³-hybridized carbons (Fsp3) is 0.500. The molecule has 1 fully saturated rings. The molecule has 1 saturated heterocycles. The zero-order valence-electron chi connectivity index (χ0n) is 9.88. The first-order chi connectivity index (χ1) is 8.38. The Morgan fingerprint density at radius 2 is 2.33 bits per heavy atom. The molecule has 0 aliphatic carbocycles. The van der Waals surface area contributed by atoms with E-state index in [9.17, 15) is 13.2 Å². The van der Waals surface area contributed by atoms with Crippen molar-refractivity contribution in [1.82, 2.24) is 14.6 Å². The van der Waals surface area contributed by atoms with Crippen LogP contribution in [0.25, 0.3) is 0 Å². The van der Waals surface area contributed by atoms with Crippen LogP contribution in [-0.2, 0) is 10.0 Å². The normalized spacial score (nSPS) is 21.3. The number of sulfonamides is 1. The lowest BCUT2D eigenvalue weighted by Gasteiger charge is -2.12. The standard InChI is InChI=1S/C10H15N3O4S/c1-13-3-2-7(6-13)12-18(16,17)8-4-9(10(14)15)11-5-8/h4-5,7,11-12H,2-3,6H2,1H3,(H,14,15). The van der Waals surface area contributed by atoms with E-state index in [1.807, 2.05) is 11.9 Å². The Bertz CT molecular complexity index is 551. The number of aromatic carboxylic acids is 1. The number of carboxylic acids is 1. The summed E-state index contributed by atoms with van der Waals surface area (Å²) in [6, 6.07) is 0.992. The number of nitrogens with one attached hydrogen (secondary N) is 2. The molecular weight excluding hydrogens is 258 g/mol. The molecule has 2 heterocycles. The topological polar surface area (TPSA) is 103 Å². The van der Waals surface area contributed by atoms with E-state index in [0.717, 1.165) is 19.0 Å². The molecule has 0 bridgehead atoms. The molecule has 0 amide bonds. The predicted molar refractivity (Wildman–Crippen MR) is 64.0 cm³/mol. The van der Waals surface area contributed by atoms with Crippen molar-refractivity contribution in [3.63, 3.8) is 0 Å². The summed E-state index contributed by atoms with van der Waals surface area (Å²) in [4.78, 5) is 15.1. The fourth-order valence-corrected chi connectivity index (χ4v) is 3.23. The molecule has 2 rings (SSSR count). The van der Waals surface area contributed by atoms with Gasteiger partial charge in [-0.05, 0) is 26.1 Å². The van der Waals surface area contributed by atoms with Crippen molar-refractivity contribution >= 4 is 16.0 Å². The van der Waals surface area contributed by atoms with Gasteiger partial charge in [-0.1, -0.05) is 0 Å². The Labute approximate surface area is 105 Å². The van der Waals surface area contributed by atoms with Gasteiger partial charge in [0.15, 0.2) is 0 Å². The molecule has 0 aromatic carbocycles. The SMILES string of the molecule is CN1CCC(NS(=O)(=O)c2c[nH]c(C(=O)O)c2)C1. The van der Waals surface area contributed by atoms with E-state index in [0.29, 0.717) is 6.54 Å². The van der Waals surface area contributed by atoms with Crippen LogP contribution in [0.15, 0.2) is 17.2 Å². The summed E-state index contributed by atoms with van der Waals surface area (Å²) >= 11 is 0. The summed E-state index contributed by atoms with van der Waals surface area (Å²) in [6.07, 6.45) is 1.94. The molecule has 1 atom stereocenters. The molecule has 7 nitrogen and oxygen atoms in total. The van der Waals surface area contributed by atoms with E-state index in [4.69, 9.17) is 5.11 Å². The van der Waals surface area contributed by atoms with Gasteiger partial charge < -0.3 is 15.0 Å². The molecule has 1 aliphatic heterocycles. The van der Waals surface area contributed by atoms with E-state index in [1.165, 1.54) is 6.20 Å². The van der Waals surface area contributed by atoms with Crippen LogP contribution in [0.4, 0.5) is 0 Å². The number of nitrogens with zero attached hydrogens (tertiary/aromatic N) is 1. The zero-order valence-corrected chi connectivity index (χ0v) is 10.7. The molecule has 0 saturated carbocycles. The number of likely N-dealkylation sites (tertiary alicyclic amines) is 1. The minimum Gasteiger partial charge on any atom is -0.477 e. The third kappa shape index (κ3) is 2.71. The third-order valence-corrected chi connectivity index (χ3v) is 4.41. The average molecular weight is 273 g/mol. The predicted octanol–water partition coefficient (Wildman–Crippen LogP) is -0.305. The lowest BCUT2D eigenvalue weighted by Crippen LogP contribution is -2.36. The lowest BCUT2D eigenvalue weighted by atomic mass is 10.3. The van der Waals surface area contributed by atoms with Crippen LogP contribution in [0.2, 0.25) is 0 Å². The van der Waals surface area contributed by atoms with Crippen molar-refractivity contribution < 1.29 is 18.3 Å². The monoisotopic (exact) mass is 273 g/mol. The summed E-state index contributed by atoms with van der Waals surface area (Å²) in [5.41, 5.74) is -0.140. The minimum absolute atomic E-state index is 0.0468. The fourth-order valence-electron chi connectivity index (χ4n) is 1.97. The van der Waals surface area contributed by atoms with Crippen molar-refractivity contribution in [3.05, 3.63) is 18.0 Å². The van der Waals surface area contributed by atoms with Gasteiger partial charge >= 0.3 is 5.97 Å². The van der Waals surface area contributed by atoms with E-state index < -0.39 is 16.0 Å². The number of H-pyrrole nitrogens is 1. The number of carbonyl (C=O) groups is 1. The maximum atomic E-state index is 12.0. The Balaban J connectivity index is 2.12. The Morgan fingerprint density at radius 3 is 2.83 bits per heavy atom. The third-order valence-electron chi connectivity index (χ3n) is 2.91. The van der Waals surface area contributed by atoms with Gasteiger partial charge in [0, 0.05) is 18.8 Å². The number of carboxylic acid groups (broad SMARTS) is 1. The molecule has 1 aromatic rings. The molecule has 1 aromatic heterocycles. The molecule has 1 unspecified atom stereocenters. The second-order valence-electron chi connectivity index (χ2n) is 4.42. The molecule has 0 spiro atoms. The maximum absolute atomic E-state index is 12.0. The Morgan fingerprint density at radius 1 is 1.61 bits per heavy atom. The van der Waals surface area contributed by atoms with E-state index in [2.05, 4.69) is 9.71 Å². The van der Waals surface area contributed by atoms with Gasteiger partial charge in [0.25, 0.3) is 0 Å². The van der Waals surface area contributed by atoms with E-state index >= 15 is 0 Å². The highest BCUT2D eigenvalue weighted by Crippen LogP contribution is 2.14. The summed E-state index contributed by atoms with van der Waals surface area (Å²) < 4.78 is 26.5. The number of hydrogen-bond acceptors (Lipinski definition) is 4. The number of hydrogen-bond donors (Lipinski definition) is 3. The molecular formula is C10H15N3O4S. The number of aromatic nitrogens is 1. The van der Waals surface area contributed by atoms with Gasteiger partial charge in [0.05, 0.1) is 0 Å². The van der Waals surface area contributed by atoms with Crippen molar-refractivity contribution in [3.8, 4) is 0 Å². The van der Waals surface area contributed by atoms with Crippen molar-refractivity contribution in [1.29, 1.82) is 0 Å². The van der Waals surface area contributed by atoms with Gasteiger partial charge in [0.2, 0.25) is 10.0 Å². The van der Waals surface area contributed by atoms with Crippen LogP contribution >= 0.6 is 0 Å². The molecule has 18 heavy (non-hydrogen) atoms. The average Bonchev–Trinajstić information content (AvgIpc) is 2.86. The van der Waals surface area contributed by atoms with E-state index in [1.54, 1.807) is 0 Å². The smallest absolute Gasteiger partial charge is 0.352 e. The first-order valence-electron chi connectivity index (χ1n) is 5.51. The van der Waals surface area contributed by atoms with Gasteiger partial charge in [-0.3, -0.25) is 0 Å². The highest BCUT2D eigenvalue weighted by molar-refractivity contribution is 7.89. The van der Waals surface area contributed by atoms with Gasteiger partial charge in [-0.25, -0.2) is 17.9 Å². The molecule has 3 N–H and O–H groups in total. The van der Waals surface area contributed by atoms with Gasteiger partial charge in [-0.2, -0.15) is 0 Å². The minimum atomic E-state index is -3.65. The van der Waals surface area contributed by atoms with Crippen LogP contribution in [-0.4, -0.2) is 55.6 Å². The zero-order chi connectivity index (χ0) is 13.3. The van der Waals surface area contributed by atoms with Crippen LogP contribution in [0.3, 0.4) is 0 Å². The molecule has 100 valence electrons. The van der Waals surface area contributed by atoms with Crippen molar-refractivity contribution in [2.45, 2.75) is 17.4 Å². The summed E-state index contributed by atoms with van der Waals surface area (Å²) in [5, 5.41) is 8.73. The number of likely N-dealkylation sites (N-methyl/N-ethyl adjacent to an activating group) is 1.